The van der Waals surface area contributed by atoms with Crippen LogP contribution in [0.15, 0.2) is 44.3 Å². The smallest absolute Gasteiger partial charge is 0.374 e. The van der Waals surface area contributed by atoms with Gasteiger partial charge in [0.2, 0.25) is 15.0 Å². The molecule has 3 heterocycles. The summed E-state index contributed by atoms with van der Waals surface area (Å²) in [7, 11) is -5.15. The van der Waals surface area contributed by atoms with Crippen LogP contribution in [0.4, 0.5) is 24.1 Å². The predicted octanol–water partition coefficient (Wildman–Crippen LogP) is -0.352. The van der Waals surface area contributed by atoms with Gasteiger partial charge in [0.1, 0.15) is 5.82 Å². The minimum atomic E-state index is -5.66. The number of hydrogen-bond donors (Lipinski definition) is 4. The molecule has 0 spiro atoms. The Hall–Kier alpha value is -3.57. The molecule has 3 aromatic rings. The molecule has 1 aromatic carbocycles. The van der Waals surface area contributed by atoms with Crippen molar-refractivity contribution >= 4 is 38.2 Å². The van der Waals surface area contributed by atoms with Crippen molar-refractivity contribution in [2.75, 3.05) is 11.1 Å². The summed E-state index contributed by atoms with van der Waals surface area (Å²) in [5, 5.41) is 7.86. The number of alkyl halides is 3. The van der Waals surface area contributed by atoms with Crippen LogP contribution in [-0.4, -0.2) is 40.2 Å². The van der Waals surface area contributed by atoms with E-state index in [2.05, 4.69) is 10.2 Å². The molecule has 1 unspecified atom stereocenters. The zero-order valence-electron chi connectivity index (χ0n) is 15.3. The van der Waals surface area contributed by atoms with E-state index < -0.39 is 54.6 Å². The van der Waals surface area contributed by atoms with Crippen LogP contribution in [0, 0.1) is 0 Å². The van der Waals surface area contributed by atoms with Gasteiger partial charge in [-0.2, -0.15) is 17.9 Å². The van der Waals surface area contributed by atoms with Gasteiger partial charge in [-0.3, -0.25) is 14.6 Å². The third-order valence-electron chi connectivity index (χ3n) is 4.44. The second kappa shape index (κ2) is 6.97. The molecule has 0 aliphatic carbocycles. The summed E-state index contributed by atoms with van der Waals surface area (Å²) in [5.41, 5.74) is -2.91. The Bertz CT molecular complexity index is 1460. The molecular weight excluding hydrogens is 479 g/mol. The topological polar surface area (TPSA) is 182 Å². The van der Waals surface area contributed by atoms with E-state index in [0.717, 1.165) is 0 Å². The molecule has 0 saturated heterocycles. The van der Waals surface area contributed by atoms with E-state index in [9.17, 15) is 36.0 Å². The van der Waals surface area contributed by atoms with E-state index in [0.29, 0.717) is 4.57 Å². The van der Waals surface area contributed by atoms with E-state index in [-0.39, 0.29) is 22.2 Å². The van der Waals surface area contributed by atoms with Crippen LogP contribution in [0.3, 0.4) is 0 Å². The maximum absolute atomic E-state index is 14.3. The van der Waals surface area contributed by atoms with Gasteiger partial charge in [0, 0.05) is 0 Å². The Morgan fingerprint density at radius 2 is 1.78 bits per heavy atom. The number of nitrogens with zero attached hydrogens (tertiary/aromatic N) is 3. The maximum atomic E-state index is 14.3. The highest BCUT2D eigenvalue weighted by Crippen LogP contribution is 2.46. The molecule has 17 heteroatoms. The molecule has 1 aliphatic heterocycles. The van der Waals surface area contributed by atoms with Crippen LogP contribution >= 0.6 is 11.3 Å². The number of rotatable bonds is 4. The summed E-state index contributed by atoms with van der Waals surface area (Å²) in [6, 6.07) is 7.12. The molecular formula is C15H10F3N7O5S2. The number of aromatic amines is 1. The van der Waals surface area contributed by atoms with Crippen molar-refractivity contribution in [2.45, 2.75) is 16.1 Å². The number of H-pyrrole nitrogens is 1. The van der Waals surface area contributed by atoms with E-state index in [1.165, 1.54) is 29.0 Å². The summed E-state index contributed by atoms with van der Waals surface area (Å²) >= 11 is 0.241. The maximum Gasteiger partial charge on any atom is 0.421 e. The Morgan fingerprint density at radius 1 is 1.12 bits per heavy atom. The van der Waals surface area contributed by atoms with Crippen molar-refractivity contribution in [3.8, 4) is 5.69 Å². The number of nitrogens with one attached hydrogen (secondary N) is 3. The van der Waals surface area contributed by atoms with E-state index in [4.69, 9.17) is 5.73 Å². The molecule has 0 bridgehead atoms. The molecule has 4 rings (SSSR count). The van der Waals surface area contributed by atoms with Gasteiger partial charge in [0.05, 0.1) is 11.3 Å². The molecule has 2 aromatic heterocycles. The van der Waals surface area contributed by atoms with Gasteiger partial charge in [-0.25, -0.2) is 17.8 Å². The monoisotopic (exact) mass is 489 g/mol. The van der Waals surface area contributed by atoms with Gasteiger partial charge in [0.25, 0.3) is 21.5 Å². The van der Waals surface area contributed by atoms with Crippen LogP contribution in [0.25, 0.3) is 5.69 Å². The van der Waals surface area contributed by atoms with Crippen molar-refractivity contribution in [1.29, 1.82) is 0 Å². The highest BCUT2D eigenvalue weighted by Gasteiger charge is 2.69. The summed E-state index contributed by atoms with van der Waals surface area (Å²) in [4.78, 5) is 39.3. The normalized spacial score (nSPS) is 18.4. The van der Waals surface area contributed by atoms with Crippen molar-refractivity contribution in [3.63, 3.8) is 0 Å². The minimum Gasteiger partial charge on any atom is -0.374 e. The highest BCUT2D eigenvalue weighted by atomic mass is 32.2. The molecule has 1 atom stereocenters. The van der Waals surface area contributed by atoms with Gasteiger partial charge in [-0.15, -0.1) is 10.2 Å². The average Bonchev–Trinajstić information content (AvgIpc) is 3.25. The Morgan fingerprint density at radius 3 is 2.34 bits per heavy atom. The first-order chi connectivity index (χ1) is 14.9. The molecule has 0 fully saturated rings. The lowest BCUT2D eigenvalue weighted by Gasteiger charge is -2.29. The number of para-hydroxylation sites is 1. The number of nitrogens with two attached hydrogens (primary N) is 1. The van der Waals surface area contributed by atoms with Crippen LogP contribution in [0.2, 0.25) is 0 Å². The first-order valence-corrected chi connectivity index (χ1v) is 10.6. The van der Waals surface area contributed by atoms with Crippen molar-refractivity contribution in [2.24, 2.45) is 0 Å². The second-order valence-electron chi connectivity index (χ2n) is 6.37. The number of halogens is 3. The Balaban J connectivity index is 2.03. The predicted molar refractivity (Wildman–Crippen MR) is 104 cm³/mol. The van der Waals surface area contributed by atoms with Crippen LogP contribution < -0.4 is 27.0 Å². The fraction of sp³-hybridized carbons (Fsp3) is 0.133. The third-order valence-corrected chi connectivity index (χ3v) is 7.01. The molecule has 32 heavy (non-hydrogen) atoms. The molecule has 168 valence electrons. The van der Waals surface area contributed by atoms with Gasteiger partial charge in [-0.05, 0) is 12.1 Å². The third kappa shape index (κ3) is 3.09. The number of nitrogen functional groups attached to an aromatic ring is 1. The van der Waals surface area contributed by atoms with Crippen LogP contribution in [0.1, 0.15) is 5.56 Å². The highest BCUT2D eigenvalue weighted by molar-refractivity contribution is 7.91. The van der Waals surface area contributed by atoms with Crippen molar-refractivity contribution in [1.82, 2.24) is 24.5 Å². The first kappa shape index (κ1) is 21.7. The summed E-state index contributed by atoms with van der Waals surface area (Å²) in [6.45, 7) is 0. The summed E-state index contributed by atoms with van der Waals surface area (Å²) in [6.07, 6.45) is -5.66. The number of hydrogen-bond acceptors (Lipinski definition) is 9. The van der Waals surface area contributed by atoms with Gasteiger partial charge >= 0.3 is 11.9 Å². The quantitative estimate of drug-likeness (QED) is 0.383. The first-order valence-electron chi connectivity index (χ1n) is 8.35. The number of carbonyl (C=O) groups excluding carboxylic acids is 1. The largest absolute Gasteiger partial charge is 0.421 e. The van der Waals surface area contributed by atoms with Gasteiger partial charge in [-0.1, -0.05) is 29.5 Å². The zero-order chi connectivity index (χ0) is 23.5. The van der Waals surface area contributed by atoms with Crippen molar-refractivity contribution in [3.05, 3.63) is 56.7 Å². The van der Waals surface area contributed by atoms with E-state index >= 15 is 0 Å². The second-order valence-corrected chi connectivity index (χ2v) is 9.23. The lowest BCUT2D eigenvalue weighted by molar-refractivity contribution is -0.194. The standard InChI is InChI=1S/C15H10F3N7O5S2/c16-15(17,18)14(24-32(29,30)13-23-22-11(19)31-13)7-8(20-10(14)27)25(12(28)21-9(7)26)6-4-2-1-3-5-6/h1-5,24H,(H2,19,22)(H,20,27)(H,21,26,28). The van der Waals surface area contributed by atoms with Crippen molar-refractivity contribution < 1.29 is 26.4 Å². The van der Waals surface area contributed by atoms with E-state index in [1.54, 1.807) is 11.1 Å². The number of benzene rings is 1. The summed E-state index contributed by atoms with van der Waals surface area (Å²) in [5.74, 6) is -2.78. The van der Waals surface area contributed by atoms with Crippen LogP contribution in [-0.2, 0) is 20.4 Å². The SMILES string of the molecule is Nc1nnc(S(=O)(=O)NC2(C(F)(F)F)C(=O)Nc3c2c(=O)[nH]c(=O)n3-c2ccccc2)s1. The number of anilines is 2. The lowest BCUT2D eigenvalue weighted by Crippen LogP contribution is -2.61. The zero-order valence-corrected chi connectivity index (χ0v) is 16.9. The number of sulfonamides is 1. The van der Waals surface area contributed by atoms with Crippen LogP contribution in [0.5, 0.6) is 0 Å². The minimum absolute atomic E-state index is 0.00280. The van der Waals surface area contributed by atoms with Gasteiger partial charge < -0.3 is 11.1 Å². The van der Waals surface area contributed by atoms with E-state index in [1.807, 2.05) is 5.32 Å². The number of amides is 1. The fourth-order valence-corrected chi connectivity index (χ4v) is 5.25. The molecule has 12 nitrogen and oxygen atoms in total. The van der Waals surface area contributed by atoms with Gasteiger partial charge in [0.15, 0.2) is 0 Å². The number of aromatic nitrogens is 4. The number of carbonyl (C=O) groups is 1. The molecule has 1 amide bonds. The Labute approximate surface area is 179 Å². The Kier molecular flexibility index (Phi) is 4.72. The molecule has 1 aliphatic rings. The molecule has 5 N–H and O–H groups in total. The number of fused-ring (bicyclic) bond motifs is 1. The molecule has 0 radical (unpaired) electrons. The fourth-order valence-electron chi connectivity index (χ4n) is 3.14. The molecule has 0 saturated carbocycles. The lowest BCUT2D eigenvalue weighted by atomic mass is 9.93. The summed E-state index contributed by atoms with van der Waals surface area (Å²) < 4.78 is 69.1. The average molecular weight is 489 g/mol.